The second kappa shape index (κ2) is 9.96. The van der Waals surface area contributed by atoms with Gasteiger partial charge in [-0.05, 0) is 87.5 Å². The highest BCUT2D eigenvalue weighted by atomic mass is 79.9. The van der Waals surface area contributed by atoms with E-state index in [-0.39, 0.29) is 28.2 Å². The Balaban J connectivity index is 2.27. The molecule has 0 spiro atoms. The lowest BCUT2D eigenvalue weighted by atomic mass is 9.93. The number of aromatic carboxylic acids is 1. The summed E-state index contributed by atoms with van der Waals surface area (Å²) in [5, 5.41) is 11.0. The van der Waals surface area contributed by atoms with Crippen molar-refractivity contribution >= 4 is 104 Å². The number of carboxylic acid groups (broad SMARTS) is 1. The van der Waals surface area contributed by atoms with E-state index in [1.54, 1.807) is 30.3 Å². The predicted molar refractivity (Wildman–Crippen MR) is 144 cm³/mol. The number of esters is 2. The Morgan fingerprint density at radius 3 is 1.69 bits per heavy atom. The quantitative estimate of drug-likeness (QED) is 0.0979. The molecule has 0 saturated carbocycles. The maximum absolute atomic E-state index is 12.1. The first-order chi connectivity index (χ1) is 16.5. The molecule has 0 atom stereocenters. The highest BCUT2D eigenvalue weighted by Gasteiger charge is 2.32. The molecule has 0 aliphatic heterocycles. The van der Waals surface area contributed by atoms with Crippen molar-refractivity contribution < 1.29 is 33.4 Å². The Hall–Kier alpha value is -2.34. The van der Waals surface area contributed by atoms with Crippen LogP contribution in [0.4, 0.5) is 0 Å². The van der Waals surface area contributed by atoms with E-state index in [9.17, 15) is 19.5 Å². The molecule has 0 aliphatic rings. The van der Waals surface area contributed by atoms with Crippen molar-refractivity contribution in [2.45, 2.75) is 13.8 Å². The highest BCUT2D eigenvalue weighted by Crippen LogP contribution is 2.50. The normalized spacial score (nSPS) is 11.0. The van der Waals surface area contributed by atoms with E-state index in [0.29, 0.717) is 39.8 Å². The van der Waals surface area contributed by atoms with E-state index < -0.39 is 17.9 Å². The van der Waals surface area contributed by atoms with Crippen LogP contribution in [-0.2, 0) is 9.59 Å². The van der Waals surface area contributed by atoms with Crippen molar-refractivity contribution in [1.29, 1.82) is 0 Å². The third kappa shape index (κ3) is 4.74. The van der Waals surface area contributed by atoms with Gasteiger partial charge in [-0.2, -0.15) is 0 Å². The van der Waals surface area contributed by atoms with E-state index in [1.165, 1.54) is 19.9 Å². The van der Waals surface area contributed by atoms with Crippen LogP contribution in [-0.4, -0.2) is 23.0 Å². The second-order valence-electron chi connectivity index (χ2n) is 7.27. The fourth-order valence-electron chi connectivity index (χ4n) is 3.64. The number of carboxylic acids is 1. The first kappa shape index (κ1) is 25.7. The molecule has 4 aromatic rings. The zero-order chi connectivity index (χ0) is 25.6. The van der Waals surface area contributed by atoms with Crippen LogP contribution in [0, 0.1) is 0 Å². The van der Waals surface area contributed by atoms with Crippen LogP contribution in [0.3, 0.4) is 0 Å². The van der Waals surface area contributed by atoms with Gasteiger partial charge in [0.2, 0.25) is 0 Å². The van der Waals surface area contributed by atoms with Crippen LogP contribution in [0.15, 0.2) is 58.7 Å². The van der Waals surface area contributed by atoms with Gasteiger partial charge in [0.05, 0.1) is 25.3 Å². The van der Waals surface area contributed by atoms with Crippen LogP contribution >= 0.6 is 63.7 Å². The number of carbonyl (C=O) groups excluding carboxylic acids is 2. The Bertz CT molecular complexity index is 1490. The van der Waals surface area contributed by atoms with E-state index >= 15 is 0 Å². The van der Waals surface area contributed by atoms with Crippen LogP contribution in [0.25, 0.3) is 33.1 Å². The van der Waals surface area contributed by atoms with Gasteiger partial charge in [0.15, 0.2) is 20.4 Å². The maximum atomic E-state index is 12.1. The molecule has 0 unspecified atom stereocenters. The molecule has 35 heavy (non-hydrogen) atoms. The number of hydrogen-bond donors (Lipinski definition) is 1. The number of halogens is 4. The first-order valence-electron chi connectivity index (χ1n) is 9.80. The fourth-order valence-corrected chi connectivity index (χ4v) is 6.36. The summed E-state index contributed by atoms with van der Waals surface area (Å²) in [4.78, 5) is 35.5. The summed E-state index contributed by atoms with van der Waals surface area (Å²) in [6, 6.07) is 9.96. The van der Waals surface area contributed by atoms with Gasteiger partial charge in [0, 0.05) is 19.4 Å². The first-order valence-corrected chi connectivity index (χ1v) is 13.0. The van der Waals surface area contributed by atoms with Crippen LogP contribution < -0.4 is 9.47 Å². The molecule has 3 aromatic carbocycles. The number of hydrogen-bond acceptors (Lipinski definition) is 5. The van der Waals surface area contributed by atoms with Crippen molar-refractivity contribution in [1.82, 2.24) is 0 Å². The largest absolute Gasteiger partial charge is 0.478 e. The Morgan fingerprint density at radius 2 is 1.26 bits per heavy atom. The summed E-state index contributed by atoms with van der Waals surface area (Å²) in [7, 11) is 0. The average molecular weight is 733 g/mol. The lowest BCUT2D eigenvalue weighted by Crippen LogP contribution is -2.05. The number of fused-ring (bicyclic) bond motifs is 2. The average Bonchev–Trinajstić information content (AvgIpc) is 2.78. The van der Waals surface area contributed by atoms with Gasteiger partial charge < -0.3 is 14.6 Å². The summed E-state index contributed by atoms with van der Waals surface area (Å²) < 4.78 is 18.5. The molecule has 0 fully saturated rings. The molecule has 7 nitrogen and oxygen atoms in total. The third-order valence-electron chi connectivity index (χ3n) is 4.92. The molecule has 1 heterocycles. The molecular formula is C24H13Br4O7+. The van der Waals surface area contributed by atoms with Gasteiger partial charge in [-0.1, -0.05) is 18.2 Å². The predicted octanol–water partition coefficient (Wildman–Crippen LogP) is 8.13. The molecule has 0 bridgehead atoms. The van der Waals surface area contributed by atoms with Crippen molar-refractivity contribution in [2.75, 3.05) is 0 Å². The SMILES string of the molecule is CC(=O)Oc1c(Br)cc2c(-c3ccccc3C(=O)O)c3cc(Br)c(OC(C)=O)c(Br)c3[o+]c2c1Br. The summed E-state index contributed by atoms with van der Waals surface area (Å²) in [6.45, 7) is 2.54. The van der Waals surface area contributed by atoms with E-state index in [4.69, 9.17) is 13.9 Å². The summed E-state index contributed by atoms with van der Waals surface area (Å²) in [5.74, 6) is -1.79. The van der Waals surface area contributed by atoms with Crippen LogP contribution in [0.2, 0.25) is 0 Å². The van der Waals surface area contributed by atoms with Crippen LogP contribution in [0.5, 0.6) is 11.5 Å². The molecule has 0 amide bonds. The summed E-state index contributed by atoms with van der Waals surface area (Å²) >= 11 is 13.8. The molecule has 178 valence electrons. The monoisotopic (exact) mass is 729 g/mol. The second-order valence-corrected chi connectivity index (χ2v) is 10.6. The van der Waals surface area contributed by atoms with Gasteiger partial charge in [0.1, 0.15) is 0 Å². The Kier molecular flexibility index (Phi) is 7.33. The molecular weight excluding hydrogens is 720 g/mol. The third-order valence-corrected chi connectivity index (χ3v) is 7.54. The lowest BCUT2D eigenvalue weighted by molar-refractivity contribution is -0.132. The van der Waals surface area contributed by atoms with Crippen LogP contribution in [0.1, 0.15) is 24.2 Å². The Labute approximate surface area is 231 Å². The molecule has 1 aromatic heterocycles. The minimum atomic E-state index is -1.10. The van der Waals surface area contributed by atoms with E-state index in [0.717, 1.165) is 0 Å². The highest BCUT2D eigenvalue weighted by molar-refractivity contribution is 9.11. The number of ether oxygens (including phenoxy) is 2. The van der Waals surface area contributed by atoms with Gasteiger partial charge in [-0.25, -0.2) is 9.21 Å². The van der Waals surface area contributed by atoms with Crippen molar-refractivity contribution in [3.8, 4) is 22.6 Å². The molecule has 11 heteroatoms. The molecule has 4 rings (SSSR count). The number of rotatable bonds is 4. The zero-order valence-corrected chi connectivity index (χ0v) is 24.2. The van der Waals surface area contributed by atoms with Gasteiger partial charge >= 0.3 is 29.1 Å². The lowest BCUT2D eigenvalue weighted by Gasteiger charge is -2.13. The topological polar surface area (TPSA) is 101 Å². The smallest absolute Gasteiger partial charge is 0.379 e. The molecule has 1 N–H and O–H groups in total. The van der Waals surface area contributed by atoms with Crippen molar-refractivity contribution in [3.63, 3.8) is 0 Å². The Morgan fingerprint density at radius 1 is 0.800 bits per heavy atom. The molecule has 0 radical (unpaired) electrons. The minimum absolute atomic E-state index is 0.0777. The van der Waals surface area contributed by atoms with Gasteiger partial charge in [-0.3, -0.25) is 9.59 Å². The maximum Gasteiger partial charge on any atom is 0.379 e. The standard InChI is InChI=1S/C24H12Br4O7/c1-9(29)33-22-15(25)7-13-17(11-5-3-4-6-12(11)24(31)32)14-8-16(26)23(34-10(2)30)19(28)21(14)35-20(13)18(22)27/h3-8H,1-2H3/p+1. The summed E-state index contributed by atoms with van der Waals surface area (Å²) in [6.07, 6.45) is 0. The summed E-state index contributed by atoms with van der Waals surface area (Å²) in [5.41, 5.74) is 1.62. The van der Waals surface area contributed by atoms with Crippen molar-refractivity contribution in [2.24, 2.45) is 0 Å². The van der Waals surface area contributed by atoms with Gasteiger partial charge in [0.25, 0.3) is 0 Å². The fraction of sp³-hybridized carbons (Fsp3) is 0.0833. The minimum Gasteiger partial charge on any atom is -0.478 e. The van der Waals surface area contributed by atoms with E-state index in [2.05, 4.69) is 63.7 Å². The molecule has 0 saturated heterocycles. The molecule has 0 aliphatic carbocycles. The number of carbonyl (C=O) groups is 3. The zero-order valence-electron chi connectivity index (χ0n) is 17.9. The van der Waals surface area contributed by atoms with E-state index in [1.807, 2.05) is 0 Å². The number of benzene rings is 3. The van der Waals surface area contributed by atoms with Crippen molar-refractivity contribution in [3.05, 3.63) is 59.9 Å². The van der Waals surface area contributed by atoms with Gasteiger partial charge in [-0.15, -0.1) is 0 Å².